The van der Waals surface area contributed by atoms with E-state index >= 15 is 0 Å². The molecule has 86 valence electrons. The normalized spacial score (nSPS) is 29.4. The Kier molecular flexibility index (Phi) is 2.86. The zero-order valence-electron chi connectivity index (χ0n) is 9.85. The van der Waals surface area contributed by atoms with Crippen molar-refractivity contribution in [3.8, 4) is 0 Å². The Morgan fingerprint density at radius 3 is 2.44 bits per heavy atom. The number of rotatable bonds is 2. The van der Waals surface area contributed by atoms with Gasteiger partial charge in [0.1, 0.15) is 0 Å². The lowest BCUT2D eigenvalue weighted by Gasteiger charge is -2.29. The van der Waals surface area contributed by atoms with Gasteiger partial charge in [0, 0.05) is 23.7 Å². The van der Waals surface area contributed by atoms with Gasteiger partial charge >= 0.3 is 0 Å². The topological polar surface area (TPSA) is 53.1 Å². The van der Waals surface area contributed by atoms with Gasteiger partial charge in [-0.2, -0.15) is 0 Å². The van der Waals surface area contributed by atoms with Crippen molar-refractivity contribution in [3.63, 3.8) is 0 Å². The van der Waals surface area contributed by atoms with E-state index in [0.717, 1.165) is 6.42 Å². The maximum absolute atomic E-state index is 7.62. The van der Waals surface area contributed by atoms with E-state index in [1.807, 2.05) is 6.07 Å². The molecule has 3 N–H and O–H groups in total. The minimum Gasteiger partial charge on any atom is -0.387 e. The van der Waals surface area contributed by atoms with E-state index in [1.54, 1.807) is 0 Å². The van der Waals surface area contributed by atoms with E-state index in [-0.39, 0.29) is 5.92 Å². The highest BCUT2D eigenvalue weighted by Crippen LogP contribution is 2.33. The van der Waals surface area contributed by atoms with Gasteiger partial charge in [-0.3, -0.25) is 5.41 Å². The Morgan fingerprint density at radius 2 is 1.94 bits per heavy atom. The van der Waals surface area contributed by atoms with Crippen LogP contribution in [0.15, 0.2) is 30.3 Å². The van der Waals surface area contributed by atoms with Crippen LogP contribution in [0.25, 0.3) is 0 Å². The molecule has 0 aliphatic carbocycles. The lowest BCUT2D eigenvalue weighted by molar-refractivity contribution is 0.628. The van der Waals surface area contributed by atoms with Crippen LogP contribution in [0.3, 0.4) is 0 Å². The van der Waals surface area contributed by atoms with E-state index in [2.05, 4.69) is 43.0 Å². The van der Waals surface area contributed by atoms with Crippen LogP contribution in [0.1, 0.15) is 20.3 Å². The first-order valence-corrected chi connectivity index (χ1v) is 5.78. The number of nitrogens with two attached hydrogens (primary N) is 1. The van der Waals surface area contributed by atoms with Crippen LogP contribution in [0, 0.1) is 11.3 Å². The van der Waals surface area contributed by atoms with Crippen molar-refractivity contribution in [1.82, 2.24) is 0 Å². The van der Waals surface area contributed by atoms with Gasteiger partial charge in [0.15, 0.2) is 0 Å². The van der Waals surface area contributed by atoms with Crippen LogP contribution < -0.4 is 10.6 Å². The summed E-state index contributed by atoms with van der Waals surface area (Å²) in [6, 6.07) is 11.1. The molecule has 1 aliphatic heterocycles. The predicted molar refractivity (Wildman–Crippen MR) is 67.9 cm³/mol. The van der Waals surface area contributed by atoms with E-state index < -0.39 is 0 Å². The van der Waals surface area contributed by atoms with Crippen LogP contribution in [0.2, 0.25) is 0 Å². The molecule has 3 atom stereocenters. The molecule has 1 fully saturated rings. The summed E-state index contributed by atoms with van der Waals surface area (Å²) in [6.07, 6.45) is 0.978. The fourth-order valence-corrected chi connectivity index (χ4v) is 2.75. The van der Waals surface area contributed by atoms with Crippen molar-refractivity contribution in [2.24, 2.45) is 11.7 Å². The Labute approximate surface area is 96.8 Å². The number of anilines is 1. The summed E-state index contributed by atoms with van der Waals surface area (Å²) in [5.41, 5.74) is 6.88. The van der Waals surface area contributed by atoms with Gasteiger partial charge in [-0.05, 0) is 32.4 Å². The second-order valence-electron chi connectivity index (χ2n) is 4.63. The van der Waals surface area contributed by atoms with E-state index in [4.69, 9.17) is 11.1 Å². The predicted octanol–water partition coefficient (Wildman–Crippen LogP) is 2.23. The molecule has 0 radical (unpaired) electrons. The van der Waals surface area contributed by atoms with Gasteiger partial charge in [-0.15, -0.1) is 0 Å². The molecule has 3 nitrogen and oxygen atoms in total. The highest BCUT2D eigenvalue weighted by molar-refractivity contribution is 5.81. The zero-order valence-corrected chi connectivity index (χ0v) is 9.85. The fraction of sp³-hybridized carbons (Fsp3) is 0.462. The molecule has 3 heteroatoms. The van der Waals surface area contributed by atoms with Gasteiger partial charge in [0.05, 0.1) is 5.84 Å². The molecule has 0 amide bonds. The van der Waals surface area contributed by atoms with Gasteiger partial charge in [0.25, 0.3) is 0 Å². The first-order valence-electron chi connectivity index (χ1n) is 5.78. The highest BCUT2D eigenvalue weighted by Gasteiger charge is 2.37. The number of para-hydroxylation sites is 1. The van der Waals surface area contributed by atoms with Crippen LogP contribution in [-0.2, 0) is 0 Å². The van der Waals surface area contributed by atoms with Crippen molar-refractivity contribution < 1.29 is 0 Å². The second-order valence-corrected chi connectivity index (χ2v) is 4.63. The SMILES string of the molecule is C[C@@H]1C[C@@H](C(=N)N)[C@H](C)N1c1ccccc1. The molecule has 0 saturated carbocycles. The third-order valence-corrected chi connectivity index (χ3v) is 3.54. The molecule has 1 aromatic carbocycles. The summed E-state index contributed by atoms with van der Waals surface area (Å²) >= 11 is 0. The van der Waals surface area contributed by atoms with Crippen LogP contribution in [-0.4, -0.2) is 17.9 Å². The standard InChI is InChI=1S/C13H19N3/c1-9-8-12(13(14)15)10(2)16(9)11-6-4-3-5-7-11/h3-7,9-10,12H,8H2,1-2H3,(H3,14,15)/t9-,10+,12-/m1/s1. The van der Waals surface area contributed by atoms with E-state index in [1.165, 1.54) is 5.69 Å². The van der Waals surface area contributed by atoms with Crippen molar-refractivity contribution in [3.05, 3.63) is 30.3 Å². The molecule has 0 bridgehead atoms. The molecular formula is C13H19N3. The average molecular weight is 217 g/mol. The lowest BCUT2D eigenvalue weighted by atomic mass is 9.99. The second kappa shape index (κ2) is 4.16. The lowest BCUT2D eigenvalue weighted by Crippen LogP contribution is -2.37. The Hall–Kier alpha value is -1.51. The quantitative estimate of drug-likeness (QED) is 0.589. The Balaban J connectivity index is 2.26. The molecule has 0 unspecified atom stereocenters. The smallest absolute Gasteiger partial charge is 0.0958 e. The van der Waals surface area contributed by atoms with Crippen LogP contribution in [0.4, 0.5) is 5.69 Å². The molecule has 1 aliphatic rings. The van der Waals surface area contributed by atoms with Crippen LogP contribution >= 0.6 is 0 Å². The molecule has 16 heavy (non-hydrogen) atoms. The third-order valence-electron chi connectivity index (χ3n) is 3.54. The fourth-order valence-electron chi connectivity index (χ4n) is 2.75. The number of hydrogen-bond donors (Lipinski definition) is 2. The molecule has 1 heterocycles. The molecule has 1 aromatic rings. The van der Waals surface area contributed by atoms with Crippen molar-refractivity contribution in [2.75, 3.05) is 4.90 Å². The van der Waals surface area contributed by atoms with Crippen molar-refractivity contribution in [1.29, 1.82) is 5.41 Å². The highest BCUT2D eigenvalue weighted by atomic mass is 15.2. The maximum Gasteiger partial charge on any atom is 0.0958 e. The zero-order chi connectivity index (χ0) is 11.7. The molecule has 0 aromatic heterocycles. The maximum atomic E-state index is 7.62. The van der Waals surface area contributed by atoms with Gasteiger partial charge < -0.3 is 10.6 Å². The number of nitrogens with one attached hydrogen (secondary N) is 1. The minimum atomic E-state index is 0.190. The molecular weight excluding hydrogens is 198 g/mol. The number of hydrogen-bond acceptors (Lipinski definition) is 2. The molecule has 2 rings (SSSR count). The van der Waals surface area contributed by atoms with Gasteiger partial charge in [-0.25, -0.2) is 0 Å². The first kappa shape index (κ1) is 11.0. The number of amidine groups is 1. The summed E-state index contributed by atoms with van der Waals surface area (Å²) in [5, 5.41) is 7.62. The van der Waals surface area contributed by atoms with Crippen molar-refractivity contribution >= 4 is 11.5 Å². The average Bonchev–Trinajstić information content (AvgIpc) is 2.56. The van der Waals surface area contributed by atoms with Crippen LogP contribution in [0.5, 0.6) is 0 Å². The third kappa shape index (κ3) is 1.77. The summed E-state index contributed by atoms with van der Waals surface area (Å²) < 4.78 is 0. The van der Waals surface area contributed by atoms with Crippen molar-refractivity contribution in [2.45, 2.75) is 32.4 Å². The van der Waals surface area contributed by atoms with E-state index in [0.29, 0.717) is 17.9 Å². The molecule has 0 spiro atoms. The monoisotopic (exact) mass is 217 g/mol. The number of benzene rings is 1. The van der Waals surface area contributed by atoms with E-state index in [9.17, 15) is 0 Å². The Morgan fingerprint density at radius 1 is 1.31 bits per heavy atom. The van der Waals surface area contributed by atoms with Gasteiger partial charge in [-0.1, -0.05) is 18.2 Å². The van der Waals surface area contributed by atoms with Gasteiger partial charge in [0.2, 0.25) is 0 Å². The summed E-state index contributed by atoms with van der Waals surface area (Å²) in [7, 11) is 0. The summed E-state index contributed by atoms with van der Waals surface area (Å²) in [6.45, 7) is 4.36. The summed E-state index contributed by atoms with van der Waals surface area (Å²) in [4.78, 5) is 2.37. The largest absolute Gasteiger partial charge is 0.387 e. The molecule has 1 saturated heterocycles. The number of nitrogens with zero attached hydrogens (tertiary/aromatic N) is 1. The Bertz CT molecular complexity index is 374. The minimum absolute atomic E-state index is 0.190. The first-order chi connectivity index (χ1) is 7.61. The summed E-state index contributed by atoms with van der Waals surface area (Å²) in [5.74, 6) is 0.507.